The van der Waals surface area contributed by atoms with Gasteiger partial charge < -0.3 is 4.57 Å². The van der Waals surface area contributed by atoms with Crippen LogP contribution in [0.1, 0.15) is 29.0 Å². The fourth-order valence-corrected chi connectivity index (χ4v) is 2.16. The summed E-state index contributed by atoms with van der Waals surface area (Å²) in [6.45, 7) is 1.58. The maximum absolute atomic E-state index is 12.8. The molecule has 21 heavy (non-hydrogen) atoms. The molecule has 0 atom stereocenters. The minimum Gasteiger partial charge on any atom is -0.337 e. The number of ketones is 1. The molecule has 2 rings (SSSR count). The summed E-state index contributed by atoms with van der Waals surface area (Å²) in [6, 6.07) is 5.71. The van der Waals surface area contributed by atoms with Crippen molar-refractivity contribution in [3.63, 3.8) is 0 Å². The first-order valence-electron chi connectivity index (χ1n) is 7.00. The molecule has 1 aromatic heterocycles. The molecule has 0 aliphatic heterocycles. The van der Waals surface area contributed by atoms with Gasteiger partial charge in [0, 0.05) is 31.4 Å². The summed E-state index contributed by atoms with van der Waals surface area (Å²) in [5.74, 6) is 0.740. The first-order valence-corrected chi connectivity index (χ1v) is 7.00. The quantitative estimate of drug-likeness (QED) is 0.735. The number of halogens is 1. The van der Waals surface area contributed by atoms with Gasteiger partial charge in [-0.25, -0.2) is 9.37 Å². The summed E-state index contributed by atoms with van der Waals surface area (Å²) in [6.07, 6.45) is 4.94. The predicted octanol–water partition coefficient (Wildman–Crippen LogP) is 2.65. The molecule has 0 fully saturated rings. The number of aromatic nitrogens is 2. The van der Waals surface area contributed by atoms with E-state index >= 15 is 0 Å². The van der Waals surface area contributed by atoms with Gasteiger partial charge in [-0.15, -0.1) is 0 Å². The second kappa shape index (κ2) is 7.13. The van der Waals surface area contributed by atoms with Gasteiger partial charge in [0.2, 0.25) is 0 Å². The number of rotatable bonds is 7. The molecule has 0 saturated carbocycles. The molecule has 0 amide bonds. The highest BCUT2D eigenvalue weighted by molar-refractivity contribution is 5.95. The van der Waals surface area contributed by atoms with E-state index in [2.05, 4.69) is 9.88 Å². The highest BCUT2D eigenvalue weighted by Crippen LogP contribution is 2.08. The van der Waals surface area contributed by atoms with E-state index in [1.54, 1.807) is 6.20 Å². The number of nitrogens with zero attached hydrogens (tertiary/aromatic N) is 3. The van der Waals surface area contributed by atoms with E-state index in [0.29, 0.717) is 12.0 Å². The number of carbonyl (C=O) groups is 1. The second-order valence-corrected chi connectivity index (χ2v) is 5.23. The Kier molecular flexibility index (Phi) is 5.22. The normalized spacial score (nSPS) is 11.0. The lowest BCUT2D eigenvalue weighted by atomic mass is 10.1. The van der Waals surface area contributed by atoms with E-state index in [4.69, 9.17) is 0 Å². The van der Waals surface area contributed by atoms with Gasteiger partial charge in [0.05, 0.1) is 6.54 Å². The molecule has 112 valence electrons. The van der Waals surface area contributed by atoms with Gasteiger partial charge in [0.25, 0.3) is 0 Å². The largest absolute Gasteiger partial charge is 0.337 e. The van der Waals surface area contributed by atoms with Crippen molar-refractivity contribution in [1.82, 2.24) is 14.5 Å². The number of hydrogen-bond acceptors (Lipinski definition) is 3. The zero-order valence-corrected chi connectivity index (χ0v) is 12.4. The van der Waals surface area contributed by atoms with Crippen LogP contribution in [0.4, 0.5) is 4.39 Å². The van der Waals surface area contributed by atoms with Crippen LogP contribution in [0.3, 0.4) is 0 Å². The van der Waals surface area contributed by atoms with Crippen LogP contribution in [-0.4, -0.2) is 33.8 Å². The van der Waals surface area contributed by atoms with Crippen molar-refractivity contribution in [2.45, 2.75) is 19.4 Å². The Morgan fingerprint density at radius 3 is 2.67 bits per heavy atom. The molecule has 0 bridgehead atoms. The van der Waals surface area contributed by atoms with Crippen LogP contribution in [0, 0.1) is 5.82 Å². The van der Waals surface area contributed by atoms with Crippen LogP contribution in [-0.2, 0) is 13.6 Å². The van der Waals surface area contributed by atoms with Gasteiger partial charge in [-0.3, -0.25) is 9.69 Å². The Bertz CT molecular complexity index is 592. The fraction of sp³-hybridized carbons (Fsp3) is 0.375. The standard InChI is InChI=1S/C16H20FN3O/c1-19(12-16-18-9-11-20(16)2)10-3-4-15(21)13-5-7-14(17)8-6-13/h5-9,11H,3-4,10,12H2,1-2H3. The molecule has 4 nitrogen and oxygen atoms in total. The first-order chi connectivity index (χ1) is 10.1. The minimum absolute atomic E-state index is 0.0559. The van der Waals surface area contributed by atoms with Gasteiger partial charge in [-0.05, 0) is 44.3 Å². The van der Waals surface area contributed by atoms with Crippen molar-refractivity contribution in [1.29, 1.82) is 0 Å². The number of carbonyl (C=O) groups excluding carboxylic acids is 1. The van der Waals surface area contributed by atoms with E-state index in [1.165, 1.54) is 24.3 Å². The summed E-state index contributed by atoms with van der Waals surface area (Å²) in [5, 5.41) is 0. The Morgan fingerprint density at radius 1 is 1.33 bits per heavy atom. The average Bonchev–Trinajstić information content (AvgIpc) is 2.85. The third-order valence-corrected chi connectivity index (χ3v) is 3.44. The van der Waals surface area contributed by atoms with Crippen LogP contribution in [0.25, 0.3) is 0 Å². The minimum atomic E-state index is -0.318. The Balaban J connectivity index is 1.75. The van der Waals surface area contributed by atoms with Crippen molar-refractivity contribution >= 4 is 5.78 Å². The highest BCUT2D eigenvalue weighted by atomic mass is 19.1. The van der Waals surface area contributed by atoms with Gasteiger partial charge >= 0.3 is 0 Å². The zero-order chi connectivity index (χ0) is 15.2. The van der Waals surface area contributed by atoms with Crippen molar-refractivity contribution in [3.05, 3.63) is 53.9 Å². The van der Waals surface area contributed by atoms with Crippen molar-refractivity contribution in [2.75, 3.05) is 13.6 Å². The van der Waals surface area contributed by atoms with Gasteiger partial charge in [-0.2, -0.15) is 0 Å². The topological polar surface area (TPSA) is 38.1 Å². The van der Waals surface area contributed by atoms with Gasteiger partial charge in [0.1, 0.15) is 11.6 Å². The van der Waals surface area contributed by atoms with E-state index in [1.807, 2.05) is 24.9 Å². The van der Waals surface area contributed by atoms with Crippen LogP contribution in [0.15, 0.2) is 36.7 Å². The number of Topliss-reactive ketones (excluding diaryl/α,β-unsaturated/α-hetero) is 1. The number of hydrogen-bond donors (Lipinski definition) is 0. The fourth-order valence-electron chi connectivity index (χ4n) is 2.16. The van der Waals surface area contributed by atoms with Crippen molar-refractivity contribution in [2.24, 2.45) is 7.05 Å². The van der Waals surface area contributed by atoms with E-state index < -0.39 is 0 Å². The zero-order valence-electron chi connectivity index (χ0n) is 12.4. The molecule has 1 aromatic carbocycles. The summed E-state index contributed by atoms with van der Waals surface area (Å²) in [4.78, 5) is 18.4. The molecule has 0 spiro atoms. The van der Waals surface area contributed by atoms with Crippen LogP contribution >= 0.6 is 0 Å². The van der Waals surface area contributed by atoms with Crippen molar-refractivity contribution in [3.8, 4) is 0 Å². The van der Waals surface area contributed by atoms with E-state index in [-0.39, 0.29) is 11.6 Å². The Labute approximate surface area is 124 Å². The lowest BCUT2D eigenvalue weighted by Crippen LogP contribution is -2.21. The van der Waals surface area contributed by atoms with E-state index in [9.17, 15) is 9.18 Å². The van der Waals surface area contributed by atoms with E-state index in [0.717, 1.165) is 25.3 Å². The Morgan fingerprint density at radius 2 is 2.05 bits per heavy atom. The summed E-state index contributed by atoms with van der Waals surface area (Å²) >= 11 is 0. The molecule has 0 saturated heterocycles. The lowest BCUT2D eigenvalue weighted by molar-refractivity contribution is 0.0976. The Hall–Kier alpha value is -2.01. The van der Waals surface area contributed by atoms with Crippen molar-refractivity contribution < 1.29 is 9.18 Å². The maximum Gasteiger partial charge on any atom is 0.162 e. The SMILES string of the molecule is CN(CCCC(=O)c1ccc(F)cc1)Cc1nccn1C. The van der Waals surface area contributed by atoms with Gasteiger partial charge in [0.15, 0.2) is 5.78 Å². The second-order valence-electron chi connectivity index (χ2n) is 5.23. The molecule has 0 aliphatic rings. The smallest absolute Gasteiger partial charge is 0.162 e. The molecule has 0 radical (unpaired) electrons. The third kappa shape index (κ3) is 4.49. The van der Waals surface area contributed by atoms with Crippen LogP contribution < -0.4 is 0 Å². The number of aryl methyl sites for hydroxylation is 1. The molecule has 0 N–H and O–H groups in total. The molecule has 1 heterocycles. The van der Waals surface area contributed by atoms with Gasteiger partial charge in [-0.1, -0.05) is 0 Å². The molecule has 0 aliphatic carbocycles. The summed E-state index contributed by atoms with van der Waals surface area (Å²) < 4.78 is 14.8. The summed E-state index contributed by atoms with van der Waals surface area (Å²) in [5.41, 5.74) is 0.572. The third-order valence-electron chi connectivity index (χ3n) is 3.44. The molecule has 0 unspecified atom stereocenters. The molecule has 5 heteroatoms. The molecular formula is C16H20FN3O. The predicted molar refractivity (Wildman–Crippen MR) is 79.5 cm³/mol. The average molecular weight is 289 g/mol. The van der Waals surface area contributed by atoms with Crippen LogP contribution in [0.5, 0.6) is 0 Å². The highest BCUT2D eigenvalue weighted by Gasteiger charge is 2.08. The lowest BCUT2D eigenvalue weighted by Gasteiger charge is -2.15. The number of imidazole rings is 1. The molecular weight excluding hydrogens is 269 g/mol. The monoisotopic (exact) mass is 289 g/mol. The van der Waals surface area contributed by atoms with Crippen LogP contribution in [0.2, 0.25) is 0 Å². The summed E-state index contributed by atoms with van der Waals surface area (Å²) in [7, 11) is 3.98. The maximum atomic E-state index is 12.8. The number of benzene rings is 1. The molecule has 2 aromatic rings. The first kappa shape index (κ1) is 15.4.